The molecule has 116 valence electrons. The summed E-state index contributed by atoms with van der Waals surface area (Å²) < 4.78 is 12.9. The van der Waals surface area contributed by atoms with Gasteiger partial charge in [-0.1, -0.05) is 20.8 Å². The Bertz CT molecular complexity index is 509. The molecule has 2 amide bonds. The molecular weight excluding hydrogens is 275 g/mol. The van der Waals surface area contributed by atoms with Crippen molar-refractivity contribution in [2.45, 2.75) is 33.2 Å². The molecule has 0 aliphatic rings. The minimum atomic E-state index is -0.973. The summed E-state index contributed by atoms with van der Waals surface area (Å²) in [5.41, 5.74) is 0.134. The van der Waals surface area contributed by atoms with Gasteiger partial charge in [-0.3, -0.25) is 9.69 Å². The van der Waals surface area contributed by atoms with Gasteiger partial charge in [-0.15, -0.1) is 0 Å². The van der Waals surface area contributed by atoms with E-state index in [1.165, 1.54) is 29.2 Å². The fourth-order valence-electron chi connectivity index (χ4n) is 1.78. The lowest BCUT2D eigenvalue weighted by Crippen LogP contribution is -2.49. The zero-order valence-corrected chi connectivity index (χ0v) is 12.7. The van der Waals surface area contributed by atoms with Crippen LogP contribution in [0.5, 0.6) is 0 Å². The van der Waals surface area contributed by atoms with Crippen molar-refractivity contribution in [1.82, 2.24) is 5.32 Å². The number of hydrogen-bond donors (Lipinski definition) is 2. The van der Waals surface area contributed by atoms with E-state index in [9.17, 15) is 14.0 Å². The van der Waals surface area contributed by atoms with Gasteiger partial charge in [0, 0.05) is 18.8 Å². The molecule has 0 fully saturated rings. The number of carboxylic acids is 1. The number of anilines is 1. The predicted octanol–water partition coefficient (Wildman–Crippen LogP) is 2.86. The molecule has 0 heterocycles. The van der Waals surface area contributed by atoms with E-state index in [0.717, 1.165) is 0 Å². The molecule has 1 rings (SSSR count). The van der Waals surface area contributed by atoms with E-state index in [-0.39, 0.29) is 12.2 Å². The number of amides is 2. The Morgan fingerprint density at radius 1 is 1.29 bits per heavy atom. The monoisotopic (exact) mass is 296 g/mol. The quantitative estimate of drug-likeness (QED) is 0.897. The number of rotatable bonds is 4. The second-order valence-electron chi connectivity index (χ2n) is 6.00. The Labute approximate surface area is 123 Å². The van der Waals surface area contributed by atoms with Crippen molar-refractivity contribution in [3.8, 4) is 0 Å². The predicted molar refractivity (Wildman–Crippen MR) is 78.8 cm³/mol. The first-order chi connectivity index (χ1) is 9.61. The largest absolute Gasteiger partial charge is 0.481 e. The van der Waals surface area contributed by atoms with Gasteiger partial charge in [-0.05, 0) is 29.7 Å². The molecule has 1 aromatic rings. The summed E-state index contributed by atoms with van der Waals surface area (Å²) in [6, 6.07) is 4.55. The van der Waals surface area contributed by atoms with Crippen LogP contribution in [-0.4, -0.2) is 30.2 Å². The lowest BCUT2D eigenvalue weighted by molar-refractivity contribution is -0.138. The highest BCUT2D eigenvalue weighted by Gasteiger charge is 2.29. The fourth-order valence-corrected chi connectivity index (χ4v) is 1.78. The van der Waals surface area contributed by atoms with Crippen LogP contribution in [0.15, 0.2) is 24.3 Å². The molecule has 1 unspecified atom stereocenters. The van der Waals surface area contributed by atoms with Crippen LogP contribution >= 0.6 is 0 Å². The van der Waals surface area contributed by atoms with Gasteiger partial charge in [0.15, 0.2) is 0 Å². The van der Waals surface area contributed by atoms with Gasteiger partial charge in [0.05, 0.1) is 6.42 Å². The lowest BCUT2D eigenvalue weighted by atomic mass is 9.85. The normalized spacial score (nSPS) is 12.6. The summed E-state index contributed by atoms with van der Waals surface area (Å²) in [5.74, 6) is -1.36. The fraction of sp³-hybridized carbons (Fsp3) is 0.467. The van der Waals surface area contributed by atoms with Gasteiger partial charge in [0.25, 0.3) is 0 Å². The van der Waals surface area contributed by atoms with Crippen LogP contribution in [0.25, 0.3) is 0 Å². The summed E-state index contributed by atoms with van der Waals surface area (Å²) in [4.78, 5) is 24.4. The second-order valence-corrected chi connectivity index (χ2v) is 6.00. The summed E-state index contributed by atoms with van der Waals surface area (Å²) >= 11 is 0. The Morgan fingerprint density at radius 2 is 1.81 bits per heavy atom. The molecule has 0 bridgehead atoms. The third-order valence-corrected chi connectivity index (χ3v) is 3.24. The smallest absolute Gasteiger partial charge is 0.321 e. The van der Waals surface area contributed by atoms with Crippen LogP contribution < -0.4 is 10.2 Å². The minimum Gasteiger partial charge on any atom is -0.481 e. The van der Waals surface area contributed by atoms with E-state index >= 15 is 0 Å². The first kappa shape index (κ1) is 16.9. The number of nitrogens with zero attached hydrogens (tertiary/aromatic N) is 1. The van der Waals surface area contributed by atoms with Crippen molar-refractivity contribution in [3.05, 3.63) is 30.1 Å². The van der Waals surface area contributed by atoms with Gasteiger partial charge < -0.3 is 10.4 Å². The Morgan fingerprint density at radius 3 is 2.24 bits per heavy atom. The third-order valence-electron chi connectivity index (χ3n) is 3.24. The summed E-state index contributed by atoms with van der Waals surface area (Å²) in [6.07, 6.45) is -0.160. The molecule has 0 aliphatic heterocycles. The van der Waals surface area contributed by atoms with Crippen LogP contribution in [0.1, 0.15) is 27.2 Å². The van der Waals surface area contributed by atoms with Crippen LogP contribution in [0.4, 0.5) is 14.9 Å². The number of carboxylic acid groups (broad SMARTS) is 1. The highest BCUT2D eigenvalue weighted by Crippen LogP contribution is 2.22. The number of halogens is 1. The molecule has 0 aliphatic carbocycles. The van der Waals surface area contributed by atoms with E-state index in [4.69, 9.17) is 5.11 Å². The Balaban J connectivity index is 2.81. The number of hydrogen-bond acceptors (Lipinski definition) is 2. The molecule has 0 saturated heterocycles. The first-order valence-corrected chi connectivity index (χ1v) is 6.63. The van der Waals surface area contributed by atoms with E-state index < -0.39 is 23.5 Å². The Kier molecular flexibility index (Phi) is 5.29. The number of nitrogens with one attached hydrogen (secondary N) is 1. The number of aliphatic carboxylic acids is 1. The Hall–Kier alpha value is -2.11. The maximum Gasteiger partial charge on any atom is 0.321 e. The summed E-state index contributed by atoms with van der Waals surface area (Å²) in [6.45, 7) is 5.58. The van der Waals surface area contributed by atoms with Crippen molar-refractivity contribution < 1.29 is 19.1 Å². The number of urea groups is 1. The second kappa shape index (κ2) is 6.56. The molecule has 0 aromatic heterocycles. The molecular formula is C15H21FN2O3. The van der Waals surface area contributed by atoms with Gasteiger partial charge >= 0.3 is 12.0 Å². The maximum atomic E-state index is 12.9. The lowest BCUT2D eigenvalue weighted by Gasteiger charge is -2.32. The highest BCUT2D eigenvalue weighted by atomic mass is 19.1. The van der Waals surface area contributed by atoms with Crippen molar-refractivity contribution in [2.75, 3.05) is 11.9 Å². The average molecular weight is 296 g/mol. The van der Waals surface area contributed by atoms with Crippen molar-refractivity contribution in [2.24, 2.45) is 5.41 Å². The summed E-state index contributed by atoms with van der Waals surface area (Å²) in [7, 11) is 1.54. The molecule has 1 atom stereocenters. The van der Waals surface area contributed by atoms with E-state index in [0.29, 0.717) is 5.69 Å². The maximum absolute atomic E-state index is 12.9. The molecule has 21 heavy (non-hydrogen) atoms. The van der Waals surface area contributed by atoms with Crippen molar-refractivity contribution in [1.29, 1.82) is 0 Å². The van der Waals surface area contributed by atoms with Gasteiger partial charge in [-0.25, -0.2) is 9.18 Å². The van der Waals surface area contributed by atoms with Crippen molar-refractivity contribution >= 4 is 17.7 Å². The molecule has 2 N–H and O–H groups in total. The average Bonchev–Trinajstić information content (AvgIpc) is 2.36. The van der Waals surface area contributed by atoms with E-state index in [1.807, 2.05) is 20.8 Å². The van der Waals surface area contributed by atoms with Gasteiger partial charge in [-0.2, -0.15) is 0 Å². The minimum absolute atomic E-state index is 0.160. The standard InChI is InChI=1S/C15H21FN2O3/c1-15(2,3)12(9-13(19)20)17-14(21)18(4)11-7-5-10(16)6-8-11/h5-8,12H,9H2,1-4H3,(H,17,21)(H,19,20). The summed E-state index contributed by atoms with van der Waals surface area (Å²) in [5, 5.41) is 11.7. The van der Waals surface area contributed by atoms with Gasteiger partial charge in [0.2, 0.25) is 0 Å². The molecule has 1 aromatic carbocycles. The van der Waals surface area contributed by atoms with E-state index in [2.05, 4.69) is 5.32 Å². The van der Waals surface area contributed by atoms with E-state index in [1.54, 1.807) is 7.05 Å². The number of carbonyl (C=O) groups excluding carboxylic acids is 1. The van der Waals surface area contributed by atoms with Crippen LogP contribution in [0, 0.1) is 11.2 Å². The number of carbonyl (C=O) groups is 2. The third kappa shape index (κ3) is 5.06. The molecule has 6 heteroatoms. The molecule has 0 spiro atoms. The molecule has 0 saturated carbocycles. The first-order valence-electron chi connectivity index (χ1n) is 6.63. The molecule has 5 nitrogen and oxygen atoms in total. The van der Waals surface area contributed by atoms with Crippen LogP contribution in [0.3, 0.4) is 0 Å². The zero-order valence-electron chi connectivity index (χ0n) is 12.7. The van der Waals surface area contributed by atoms with Crippen LogP contribution in [-0.2, 0) is 4.79 Å². The van der Waals surface area contributed by atoms with Gasteiger partial charge in [0.1, 0.15) is 5.82 Å². The van der Waals surface area contributed by atoms with Crippen molar-refractivity contribution in [3.63, 3.8) is 0 Å². The molecule has 0 radical (unpaired) electrons. The zero-order chi connectivity index (χ0) is 16.2. The number of benzene rings is 1. The van der Waals surface area contributed by atoms with Crippen LogP contribution in [0.2, 0.25) is 0 Å². The SMILES string of the molecule is CN(C(=O)NC(CC(=O)O)C(C)(C)C)c1ccc(F)cc1. The topological polar surface area (TPSA) is 69.6 Å². The highest BCUT2D eigenvalue weighted by molar-refractivity contribution is 5.91.